The van der Waals surface area contributed by atoms with E-state index >= 15 is 0 Å². The third-order valence-electron chi connectivity index (χ3n) is 2.72. The molecule has 1 heterocycles. The molecule has 0 aliphatic heterocycles. The average molecular weight is 229 g/mol. The van der Waals surface area contributed by atoms with Crippen LogP contribution in [0.2, 0.25) is 0 Å². The molecule has 1 aromatic heterocycles. The lowest BCUT2D eigenvalue weighted by atomic mass is 10.2. The highest BCUT2D eigenvalue weighted by atomic mass is 15.3. The Bertz CT molecular complexity index is 460. The molecule has 3 heteroatoms. The van der Waals surface area contributed by atoms with E-state index in [-0.39, 0.29) is 0 Å². The van der Waals surface area contributed by atoms with Crippen LogP contribution in [-0.4, -0.2) is 9.78 Å². The van der Waals surface area contributed by atoms with E-state index in [4.69, 9.17) is 0 Å². The standard InChI is InChI=1S/C14H19N3/c1-3-9-17-11-14(12(2)16-17)15-10-13-7-5-4-6-8-13/h4-8,11,15H,3,9-10H2,1-2H3. The van der Waals surface area contributed by atoms with Gasteiger partial charge in [-0.05, 0) is 18.9 Å². The maximum absolute atomic E-state index is 4.47. The number of aryl methyl sites for hydroxylation is 2. The van der Waals surface area contributed by atoms with Crippen LogP contribution in [0, 0.1) is 6.92 Å². The Morgan fingerprint density at radius 2 is 2.00 bits per heavy atom. The summed E-state index contributed by atoms with van der Waals surface area (Å²) in [6, 6.07) is 10.4. The predicted molar refractivity (Wildman–Crippen MR) is 71.0 cm³/mol. The zero-order chi connectivity index (χ0) is 12.1. The second-order valence-corrected chi connectivity index (χ2v) is 4.23. The molecule has 0 saturated carbocycles. The molecule has 0 aliphatic carbocycles. The number of rotatable bonds is 5. The zero-order valence-corrected chi connectivity index (χ0v) is 10.5. The fraction of sp³-hybridized carbons (Fsp3) is 0.357. The molecule has 2 aromatic rings. The van der Waals surface area contributed by atoms with Crippen molar-refractivity contribution in [1.82, 2.24) is 9.78 Å². The SMILES string of the molecule is CCCn1cc(NCc2ccccc2)c(C)n1. The fourth-order valence-electron chi connectivity index (χ4n) is 1.83. The van der Waals surface area contributed by atoms with E-state index in [2.05, 4.69) is 47.8 Å². The van der Waals surface area contributed by atoms with Gasteiger partial charge in [-0.3, -0.25) is 4.68 Å². The van der Waals surface area contributed by atoms with Crippen LogP contribution in [0.25, 0.3) is 0 Å². The summed E-state index contributed by atoms with van der Waals surface area (Å²) in [7, 11) is 0. The lowest BCUT2D eigenvalue weighted by Gasteiger charge is -2.04. The molecule has 17 heavy (non-hydrogen) atoms. The Hall–Kier alpha value is -1.77. The Labute approximate surface area is 102 Å². The Morgan fingerprint density at radius 3 is 2.71 bits per heavy atom. The molecule has 0 radical (unpaired) electrons. The molecule has 1 aromatic carbocycles. The first kappa shape index (κ1) is 11.7. The Balaban J connectivity index is 1.99. The maximum Gasteiger partial charge on any atom is 0.0825 e. The van der Waals surface area contributed by atoms with Gasteiger partial charge in [-0.1, -0.05) is 37.3 Å². The first-order chi connectivity index (χ1) is 8.29. The third-order valence-corrected chi connectivity index (χ3v) is 2.72. The van der Waals surface area contributed by atoms with Crippen molar-refractivity contribution in [2.75, 3.05) is 5.32 Å². The van der Waals surface area contributed by atoms with Crippen LogP contribution in [0.15, 0.2) is 36.5 Å². The van der Waals surface area contributed by atoms with Crippen LogP contribution in [0.1, 0.15) is 24.6 Å². The second kappa shape index (κ2) is 5.53. The van der Waals surface area contributed by atoms with E-state index in [1.807, 2.05) is 17.7 Å². The molecule has 0 bridgehead atoms. The van der Waals surface area contributed by atoms with Gasteiger partial charge in [-0.15, -0.1) is 0 Å². The van der Waals surface area contributed by atoms with Crippen molar-refractivity contribution < 1.29 is 0 Å². The molecule has 0 unspecified atom stereocenters. The minimum atomic E-state index is 0.847. The van der Waals surface area contributed by atoms with Crippen molar-refractivity contribution in [2.45, 2.75) is 33.4 Å². The molecular formula is C14H19N3. The van der Waals surface area contributed by atoms with Gasteiger partial charge >= 0.3 is 0 Å². The summed E-state index contributed by atoms with van der Waals surface area (Å²) in [5, 5.41) is 7.89. The minimum Gasteiger partial charge on any atom is -0.378 e. The smallest absolute Gasteiger partial charge is 0.0825 e. The summed E-state index contributed by atoms with van der Waals surface area (Å²) in [5.41, 5.74) is 3.48. The molecule has 2 rings (SSSR count). The topological polar surface area (TPSA) is 29.9 Å². The van der Waals surface area contributed by atoms with E-state index in [1.165, 1.54) is 5.56 Å². The molecular weight excluding hydrogens is 210 g/mol. The Kier molecular flexibility index (Phi) is 3.81. The van der Waals surface area contributed by atoms with E-state index in [0.29, 0.717) is 0 Å². The highest BCUT2D eigenvalue weighted by molar-refractivity contribution is 5.46. The zero-order valence-electron chi connectivity index (χ0n) is 10.5. The lowest BCUT2D eigenvalue weighted by Crippen LogP contribution is -1.99. The largest absolute Gasteiger partial charge is 0.378 e. The number of nitrogens with zero attached hydrogens (tertiary/aromatic N) is 2. The Morgan fingerprint density at radius 1 is 1.24 bits per heavy atom. The molecule has 90 valence electrons. The molecule has 3 nitrogen and oxygen atoms in total. The number of benzene rings is 1. The van der Waals surface area contributed by atoms with Gasteiger partial charge in [0.2, 0.25) is 0 Å². The van der Waals surface area contributed by atoms with E-state index in [1.54, 1.807) is 0 Å². The van der Waals surface area contributed by atoms with E-state index in [0.717, 1.165) is 30.9 Å². The molecule has 0 spiro atoms. The summed E-state index contributed by atoms with van der Waals surface area (Å²) in [6.45, 7) is 6.03. The number of anilines is 1. The first-order valence-electron chi connectivity index (χ1n) is 6.11. The highest BCUT2D eigenvalue weighted by Gasteiger charge is 2.03. The average Bonchev–Trinajstić information content (AvgIpc) is 2.69. The minimum absolute atomic E-state index is 0.847. The first-order valence-corrected chi connectivity index (χ1v) is 6.11. The van der Waals surface area contributed by atoms with Gasteiger partial charge in [-0.25, -0.2) is 0 Å². The van der Waals surface area contributed by atoms with Crippen molar-refractivity contribution >= 4 is 5.69 Å². The quantitative estimate of drug-likeness (QED) is 0.853. The number of hydrogen-bond acceptors (Lipinski definition) is 2. The summed E-state index contributed by atoms with van der Waals surface area (Å²) < 4.78 is 2.00. The summed E-state index contributed by atoms with van der Waals surface area (Å²) >= 11 is 0. The van der Waals surface area contributed by atoms with Crippen molar-refractivity contribution in [3.63, 3.8) is 0 Å². The molecule has 0 amide bonds. The van der Waals surface area contributed by atoms with Gasteiger partial charge in [0.1, 0.15) is 0 Å². The third kappa shape index (κ3) is 3.09. The van der Waals surface area contributed by atoms with Gasteiger partial charge in [0.15, 0.2) is 0 Å². The van der Waals surface area contributed by atoms with Crippen molar-refractivity contribution in [3.8, 4) is 0 Å². The molecule has 0 fully saturated rings. The van der Waals surface area contributed by atoms with E-state index in [9.17, 15) is 0 Å². The van der Waals surface area contributed by atoms with Gasteiger partial charge in [0.05, 0.1) is 11.4 Å². The maximum atomic E-state index is 4.47. The number of aromatic nitrogens is 2. The monoisotopic (exact) mass is 229 g/mol. The lowest BCUT2D eigenvalue weighted by molar-refractivity contribution is 0.598. The number of nitrogens with one attached hydrogen (secondary N) is 1. The van der Waals surface area contributed by atoms with Crippen LogP contribution in [-0.2, 0) is 13.1 Å². The van der Waals surface area contributed by atoms with Crippen molar-refractivity contribution in [1.29, 1.82) is 0 Å². The van der Waals surface area contributed by atoms with Crippen molar-refractivity contribution in [2.24, 2.45) is 0 Å². The molecule has 0 aliphatic rings. The normalized spacial score (nSPS) is 10.5. The van der Waals surface area contributed by atoms with Crippen LogP contribution in [0.5, 0.6) is 0 Å². The van der Waals surface area contributed by atoms with Gasteiger partial charge in [0.25, 0.3) is 0 Å². The fourth-order valence-corrected chi connectivity index (χ4v) is 1.83. The second-order valence-electron chi connectivity index (χ2n) is 4.23. The summed E-state index contributed by atoms with van der Waals surface area (Å²) in [5.74, 6) is 0. The van der Waals surface area contributed by atoms with Gasteiger partial charge < -0.3 is 5.32 Å². The van der Waals surface area contributed by atoms with Gasteiger partial charge in [-0.2, -0.15) is 5.10 Å². The number of hydrogen-bond donors (Lipinski definition) is 1. The molecule has 0 atom stereocenters. The summed E-state index contributed by atoms with van der Waals surface area (Å²) in [4.78, 5) is 0. The van der Waals surface area contributed by atoms with Crippen LogP contribution in [0.3, 0.4) is 0 Å². The van der Waals surface area contributed by atoms with Crippen LogP contribution in [0.4, 0.5) is 5.69 Å². The van der Waals surface area contributed by atoms with Crippen molar-refractivity contribution in [3.05, 3.63) is 47.8 Å². The van der Waals surface area contributed by atoms with Gasteiger partial charge in [0, 0.05) is 19.3 Å². The van der Waals surface area contributed by atoms with E-state index < -0.39 is 0 Å². The molecule has 1 N–H and O–H groups in total. The van der Waals surface area contributed by atoms with Crippen LogP contribution >= 0.6 is 0 Å². The predicted octanol–water partition coefficient (Wildman–Crippen LogP) is 3.21. The highest BCUT2D eigenvalue weighted by Crippen LogP contribution is 2.14. The summed E-state index contributed by atoms with van der Waals surface area (Å²) in [6.07, 6.45) is 3.20. The van der Waals surface area contributed by atoms with Crippen LogP contribution < -0.4 is 5.32 Å². The molecule has 0 saturated heterocycles.